The van der Waals surface area contributed by atoms with Gasteiger partial charge in [-0.1, -0.05) is 41.4 Å². The second kappa shape index (κ2) is 6.69. The van der Waals surface area contributed by atoms with E-state index in [1.54, 1.807) is 28.8 Å². The maximum Gasteiger partial charge on any atom is 0.265 e. The molecule has 3 aromatic heterocycles. The summed E-state index contributed by atoms with van der Waals surface area (Å²) in [5.74, 6) is 0. The number of allylic oxidation sites excluding steroid dienone is 1. The van der Waals surface area contributed by atoms with E-state index in [0.717, 1.165) is 5.52 Å². The van der Waals surface area contributed by atoms with Crippen molar-refractivity contribution in [3.05, 3.63) is 81.8 Å². The van der Waals surface area contributed by atoms with Gasteiger partial charge >= 0.3 is 0 Å². The maximum absolute atomic E-state index is 13.2. The van der Waals surface area contributed by atoms with Crippen LogP contribution in [0.25, 0.3) is 38.9 Å². The van der Waals surface area contributed by atoms with Gasteiger partial charge in [-0.2, -0.15) is 0 Å². The van der Waals surface area contributed by atoms with Crippen molar-refractivity contribution in [1.82, 2.24) is 24.1 Å². The molecule has 6 nitrogen and oxygen atoms in total. The zero-order valence-electron chi connectivity index (χ0n) is 15.0. The Kier molecular flexibility index (Phi) is 4.12. The van der Waals surface area contributed by atoms with Crippen LogP contribution in [0, 0.1) is 0 Å². The van der Waals surface area contributed by atoms with E-state index in [1.807, 2.05) is 24.3 Å². The van der Waals surface area contributed by atoms with Gasteiger partial charge in [-0.05, 0) is 30.3 Å². The highest BCUT2D eigenvalue weighted by atomic mass is 35.5. The molecule has 0 saturated carbocycles. The Bertz CT molecular complexity index is 1500. The lowest BCUT2D eigenvalue weighted by molar-refractivity contribution is 0.766. The molecule has 0 saturated heterocycles. The second-order valence-electron chi connectivity index (χ2n) is 6.51. The van der Waals surface area contributed by atoms with Gasteiger partial charge in [0.25, 0.3) is 5.56 Å². The van der Waals surface area contributed by atoms with Gasteiger partial charge in [0.2, 0.25) is 0 Å². The van der Waals surface area contributed by atoms with E-state index in [-0.39, 0.29) is 5.56 Å². The monoisotopic (exact) mass is 421 g/mol. The number of halogens is 2. The maximum atomic E-state index is 13.2. The Balaban J connectivity index is 2.00. The quantitative estimate of drug-likeness (QED) is 0.393. The van der Waals surface area contributed by atoms with E-state index in [9.17, 15) is 4.79 Å². The molecule has 29 heavy (non-hydrogen) atoms. The van der Waals surface area contributed by atoms with Crippen LogP contribution in [0.1, 0.15) is 0 Å². The van der Waals surface area contributed by atoms with Crippen LogP contribution in [0.2, 0.25) is 10.0 Å². The third-order valence-electron chi connectivity index (χ3n) is 4.72. The lowest BCUT2D eigenvalue weighted by Gasteiger charge is -2.08. The molecule has 0 atom stereocenters. The van der Waals surface area contributed by atoms with Crippen LogP contribution < -0.4 is 5.56 Å². The predicted octanol–water partition coefficient (Wildman–Crippen LogP) is 4.78. The molecule has 0 fully saturated rings. The van der Waals surface area contributed by atoms with Gasteiger partial charge in [0, 0.05) is 6.54 Å². The average molecular weight is 422 g/mol. The molecule has 3 heterocycles. The Morgan fingerprint density at radius 3 is 2.48 bits per heavy atom. The smallest absolute Gasteiger partial charge is 0.265 e. The Labute approximate surface area is 174 Å². The standard InChI is InChI=1S/C21H13Cl2N5O/c1-2-9-27-11-24-19-17(21(27)29)18-20(26-16-6-4-3-5-15(16)25-18)28(19)12-7-8-13(22)14(23)10-12/h2-8,10-11H,1,9H2. The third-order valence-corrected chi connectivity index (χ3v) is 5.46. The number of benzene rings is 2. The lowest BCUT2D eigenvalue weighted by atomic mass is 10.3. The topological polar surface area (TPSA) is 65.6 Å². The predicted molar refractivity (Wildman–Crippen MR) is 116 cm³/mol. The molecule has 0 aliphatic heterocycles. The molecule has 0 N–H and O–H groups in total. The van der Waals surface area contributed by atoms with Crippen LogP contribution in [-0.2, 0) is 6.54 Å². The first kappa shape index (κ1) is 17.8. The van der Waals surface area contributed by atoms with Crippen molar-refractivity contribution in [3.8, 4) is 5.69 Å². The van der Waals surface area contributed by atoms with Gasteiger partial charge in [0.15, 0.2) is 11.3 Å². The van der Waals surface area contributed by atoms with E-state index in [4.69, 9.17) is 33.2 Å². The number of para-hydroxylation sites is 2. The molecule has 0 radical (unpaired) electrons. The summed E-state index contributed by atoms with van der Waals surface area (Å²) in [6, 6.07) is 12.7. The molecular weight excluding hydrogens is 409 g/mol. The highest BCUT2D eigenvalue weighted by Gasteiger charge is 2.21. The van der Waals surface area contributed by atoms with E-state index in [2.05, 4.69) is 11.6 Å². The van der Waals surface area contributed by atoms with Crippen molar-refractivity contribution >= 4 is 56.4 Å². The van der Waals surface area contributed by atoms with Crippen LogP contribution in [0.4, 0.5) is 0 Å². The Morgan fingerprint density at radius 2 is 1.76 bits per heavy atom. The fourth-order valence-electron chi connectivity index (χ4n) is 3.41. The molecular formula is C21H13Cl2N5O. The molecule has 5 aromatic rings. The summed E-state index contributed by atoms with van der Waals surface area (Å²) in [4.78, 5) is 27.2. The third kappa shape index (κ3) is 2.72. The summed E-state index contributed by atoms with van der Waals surface area (Å²) in [7, 11) is 0. The van der Waals surface area contributed by atoms with Crippen molar-refractivity contribution in [2.24, 2.45) is 0 Å². The van der Waals surface area contributed by atoms with E-state index < -0.39 is 0 Å². The Hall–Kier alpha value is -3.22. The molecule has 0 bridgehead atoms. The van der Waals surface area contributed by atoms with E-state index >= 15 is 0 Å². The number of aromatic nitrogens is 5. The fraction of sp³-hybridized carbons (Fsp3) is 0.0476. The minimum atomic E-state index is -0.205. The molecule has 142 valence electrons. The largest absolute Gasteiger partial charge is 0.295 e. The molecule has 5 rings (SSSR count). The molecule has 0 aliphatic rings. The van der Waals surface area contributed by atoms with Crippen molar-refractivity contribution < 1.29 is 0 Å². The summed E-state index contributed by atoms with van der Waals surface area (Å²) < 4.78 is 3.27. The van der Waals surface area contributed by atoms with Crippen LogP contribution >= 0.6 is 23.2 Å². The summed E-state index contributed by atoms with van der Waals surface area (Å²) in [5.41, 5.74) is 3.38. The Morgan fingerprint density at radius 1 is 1.00 bits per heavy atom. The van der Waals surface area contributed by atoms with Gasteiger partial charge in [0.05, 0.1) is 26.8 Å². The van der Waals surface area contributed by atoms with Crippen LogP contribution in [0.15, 0.2) is 66.2 Å². The summed E-state index contributed by atoms with van der Waals surface area (Å²) >= 11 is 12.3. The average Bonchev–Trinajstić information content (AvgIpc) is 3.04. The minimum absolute atomic E-state index is 0.205. The highest BCUT2D eigenvalue weighted by molar-refractivity contribution is 6.42. The number of hydrogen-bond acceptors (Lipinski definition) is 4. The molecule has 0 aliphatic carbocycles. The first-order valence-electron chi connectivity index (χ1n) is 8.81. The summed E-state index contributed by atoms with van der Waals surface area (Å²) in [5, 5.41) is 1.23. The van der Waals surface area contributed by atoms with Crippen molar-refractivity contribution in [2.45, 2.75) is 6.54 Å². The number of hydrogen-bond donors (Lipinski definition) is 0. The summed E-state index contributed by atoms with van der Waals surface area (Å²) in [6.45, 7) is 4.05. The second-order valence-corrected chi connectivity index (χ2v) is 7.32. The van der Waals surface area contributed by atoms with Crippen molar-refractivity contribution in [1.29, 1.82) is 0 Å². The molecule has 0 spiro atoms. The van der Waals surface area contributed by atoms with Crippen molar-refractivity contribution in [3.63, 3.8) is 0 Å². The van der Waals surface area contributed by atoms with Gasteiger partial charge in [-0.3, -0.25) is 13.9 Å². The minimum Gasteiger partial charge on any atom is -0.295 e. The fourth-order valence-corrected chi connectivity index (χ4v) is 3.70. The van der Waals surface area contributed by atoms with E-state index in [1.165, 1.54) is 10.9 Å². The zero-order chi connectivity index (χ0) is 20.1. The molecule has 0 unspecified atom stereocenters. The first-order chi connectivity index (χ1) is 14.1. The van der Waals surface area contributed by atoms with Gasteiger partial charge in [0.1, 0.15) is 17.2 Å². The van der Waals surface area contributed by atoms with Gasteiger partial charge < -0.3 is 0 Å². The molecule has 8 heteroatoms. The normalized spacial score (nSPS) is 11.5. The zero-order valence-corrected chi connectivity index (χ0v) is 16.5. The number of rotatable bonds is 3. The molecule has 0 amide bonds. The number of fused-ring (bicyclic) bond motifs is 4. The SMILES string of the molecule is C=CCn1cnc2c(c1=O)c1nc3ccccc3nc1n2-c1ccc(Cl)c(Cl)c1. The van der Waals surface area contributed by atoms with Crippen LogP contribution in [0.3, 0.4) is 0 Å². The molecule has 2 aromatic carbocycles. The van der Waals surface area contributed by atoms with Gasteiger partial charge in [-0.15, -0.1) is 6.58 Å². The highest BCUT2D eigenvalue weighted by Crippen LogP contribution is 2.31. The van der Waals surface area contributed by atoms with Crippen molar-refractivity contribution in [2.75, 3.05) is 0 Å². The lowest BCUT2D eigenvalue weighted by Crippen LogP contribution is -2.20. The summed E-state index contributed by atoms with van der Waals surface area (Å²) in [6.07, 6.45) is 3.15. The number of nitrogens with zero attached hydrogens (tertiary/aromatic N) is 5. The van der Waals surface area contributed by atoms with E-state index in [0.29, 0.717) is 50.0 Å². The van der Waals surface area contributed by atoms with Crippen LogP contribution in [-0.4, -0.2) is 24.1 Å². The first-order valence-corrected chi connectivity index (χ1v) is 9.56. The van der Waals surface area contributed by atoms with Gasteiger partial charge in [-0.25, -0.2) is 15.0 Å². The van der Waals surface area contributed by atoms with Crippen LogP contribution in [0.5, 0.6) is 0 Å².